The molecule has 0 spiro atoms. The number of para-hydroxylation sites is 1. The summed E-state index contributed by atoms with van der Waals surface area (Å²) in [5, 5.41) is 10.6. The van der Waals surface area contributed by atoms with Gasteiger partial charge in [-0.05, 0) is 43.2 Å². The average Bonchev–Trinajstić information content (AvgIpc) is 3.53. The zero-order chi connectivity index (χ0) is 21.2. The predicted octanol–water partition coefficient (Wildman–Crippen LogP) is 4.72. The largest absolute Gasteiger partial charge is 0.376 e. The number of aromatic amines is 1. The number of hydrogen-bond acceptors (Lipinski definition) is 5. The number of rotatable bonds is 7. The quantitative estimate of drug-likeness (QED) is 0.335. The lowest BCUT2D eigenvalue weighted by Crippen LogP contribution is -2.17. The second-order valence-corrected chi connectivity index (χ2v) is 8.46. The maximum atomic E-state index is 13.1. The summed E-state index contributed by atoms with van der Waals surface area (Å²) in [7, 11) is 0. The van der Waals surface area contributed by atoms with Crippen molar-refractivity contribution in [3.63, 3.8) is 0 Å². The fourth-order valence-electron chi connectivity index (χ4n) is 3.86. The van der Waals surface area contributed by atoms with Crippen molar-refractivity contribution in [2.45, 2.75) is 30.6 Å². The lowest BCUT2D eigenvalue weighted by atomic mass is 10.1. The van der Waals surface area contributed by atoms with Gasteiger partial charge in [-0.3, -0.25) is 9.36 Å². The minimum Gasteiger partial charge on any atom is -0.376 e. The molecular formula is C23H21FN4O2S. The molecule has 5 rings (SSSR count). The summed E-state index contributed by atoms with van der Waals surface area (Å²) in [6, 6.07) is 13.7. The highest BCUT2D eigenvalue weighted by Crippen LogP contribution is 2.31. The minimum absolute atomic E-state index is 0.0784. The minimum atomic E-state index is -0.358. The fraction of sp³-hybridized carbons (Fsp3) is 0.261. The molecule has 1 saturated heterocycles. The molecule has 1 aliphatic rings. The first-order valence-corrected chi connectivity index (χ1v) is 11.2. The molecule has 3 heterocycles. The number of halogens is 1. The summed E-state index contributed by atoms with van der Waals surface area (Å²) in [5.41, 5.74) is 2.48. The van der Waals surface area contributed by atoms with Crippen LogP contribution in [-0.2, 0) is 11.3 Å². The normalized spacial score (nSPS) is 16.2. The molecule has 1 N–H and O–H groups in total. The summed E-state index contributed by atoms with van der Waals surface area (Å²) >= 11 is 1.34. The third kappa shape index (κ3) is 4.13. The van der Waals surface area contributed by atoms with E-state index in [1.165, 1.54) is 36.0 Å². The van der Waals surface area contributed by atoms with Crippen molar-refractivity contribution in [3.05, 3.63) is 66.1 Å². The number of H-pyrrole nitrogens is 1. The second kappa shape index (κ2) is 8.64. The predicted molar refractivity (Wildman–Crippen MR) is 118 cm³/mol. The molecule has 1 aliphatic heterocycles. The van der Waals surface area contributed by atoms with E-state index in [0.717, 1.165) is 41.7 Å². The van der Waals surface area contributed by atoms with Gasteiger partial charge in [0.05, 0.1) is 18.4 Å². The van der Waals surface area contributed by atoms with Gasteiger partial charge in [0.25, 0.3) is 0 Å². The number of thioether (sulfide) groups is 1. The van der Waals surface area contributed by atoms with Crippen molar-refractivity contribution in [1.82, 2.24) is 19.7 Å². The van der Waals surface area contributed by atoms with E-state index in [1.54, 1.807) is 0 Å². The number of fused-ring (bicyclic) bond motifs is 1. The van der Waals surface area contributed by atoms with E-state index < -0.39 is 0 Å². The Bertz CT molecular complexity index is 1210. The number of hydrogen-bond donors (Lipinski definition) is 1. The van der Waals surface area contributed by atoms with Crippen LogP contribution in [0.5, 0.6) is 0 Å². The molecule has 8 heteroatoms. The average molecular weight is 437 g/mol. The third-order valence-corrected chi connectivity index (χ3v) is 6.42. The Balaban J connectivity index is 1.44. The van der Waals surface area contributed by atoms with Crippen molar-refractivity contribution in [2.24, 2.45) is 0 Å². The number of carbonyl (C=O) groups is 1. The lowest BCUT2D eigenvalue weighted by Gasteiger charge is -2.14. The molecule has 2 aromatic heterocycles. The maximum absolute atomic E-state index is 13.1. The maximum Gasteiger partial charge on any atom is 0.192 e. The van der Waals surface area contributed by atoms with Crippen LogP contribution in [0.15, 0.2) is 59.9 Å². The Morgan fingerprint density at radius 2 is 2.03 bits per heavy atom. The SMILES string of the molecule is O=C(CSc1nnc(-c2c[nH]c3ccccc23)n1CC1CCCO1)c1ccc(F)cc1. The van der Waals surface area contributed by atoms with Crippen molar-refractivity contribution in [3.8, 4) is 11.4 Å². The van der Waals surface area contributed by atoms with E-state index in [2.05, 4.69) is 21.2 Å². The molecular weight excluding hydrogens is 415 g/mol. The highest BCUT2D eigenvalue weighted by Gasteiger charge is 2.23. The lowest BCUT2D eigenvalue weighted by molar-refractivity contribution is 0.0953. The Hall–Kier alpha value is -2.97. The highest BCUT2D eigenvalue weighted by atomic mass is 32.2. The van der Waals surface area contributed by atoms with Gasteiger partial charge in [0.1, 0.15) is 5.82 Å². The molecule has 0 bridgehead atoms. The number of aromatic nitrogens is 4. The van der Waals surface area contributed by atoms with E-state index in [1.807, 2.05) is 29.0 Å². The van der Waals surface area contributed by atoms with Gasteiger partial charge >= 0.3 is 0 Å². The van der Waals surface area contributed by atoms with Crippen molar-refractivity contribution in [1.29, 1.82) is 0 Å². The third-order valence-electron chi connectivity index (χ3n) is 5.46. The summed E-state index contributed by atoms with van der Waals surface area (Å²) in [4.78, 5) is 15.9. The standard InChI is InChI=1S/C23H21FN4O2S/c24-16-9-7-15(8-10-16)21(29)14-31-23-27-26-22(28(23)13-17-4-3-11-30-17)19-12-25-20-6-2-1-5-18(19)20/h1-2,5-10,12,17,25H,3-4,11,13-14H2. The van der Waals surface area contributed by atoms with Crippen LogP contribution in [0.1, 0.15) is 23.2 Å². The summed E-state index contributed by atoms with van der Waals surface area (Å²) < 4.78 is 21.0. The van der Waals surface area contributed by atoms with E-state index >= 15 is 0 Å². The topological polar surface area (TPSA) is 72.8 Å². The smallest absolute Gasteiger partial charge is 0.192 e. The van der Waals surface area contributed by atoms with Crippen LogP contribution < -0.4 is 0 Å². The molecule has 31 heavy (non-hydrogen) atoms. The molecule has 2 aromatic carbocycles. The van der Waals surface area contributed by atoms with Crippen molar-refractivity contribution >= 4 is 28.4 Å². The van der Waals surface area contributed by atoms with Gasteiger partial charge in [-0.15, -0.1) is 10.2 Å². The molecule has 4 aromatic rings. The van der Waals surface area contributed by atoms with Crippen LogP contribution in [0.2, 0.25) is 0 Å². The van der Waals surface area contributed by atoms with E-state index in [-0.39, 0.29) is 23.5 Å². The zero-order valence-corrected chi connectivity index (χ0v) is 17.6. The number of nitrogens with zero attached hydrogens (tertiary/aromatic N) is 3. The molecule has 6 nitrogen and oxygen atoms in total. The molecule has 1 atom stereocenters. The van der Waals surface area contributed by atoms with Gasteiger partial charge < -0.3 is 9.72 Å². The van der Waals surface area contributed by atoms with Crippen LogP contribution in [-0.4, -0.2) is 44.0 Å². The van der Waals surface area contributed by atoms with Crippen molar-refractivity contribution < 1.29 is 13.9 Å². The van der Waals surface area contributed by atoms with Crippen LogP contribution in [0.4, 0.5) is 4.39 Å². The first-order valence-electron chi connectivity index (χ1n) is 10.2. The van der Waals surface area contributed by atoms with Gasteiger partial charge in [0.2, 0.25) is 0 Å². The number of Topliss-reactive ketones (excluding diaryl/α,β-unsaturated/α-hetero) is 1. The van der Waals surface area contributed by atoms with Gasteiger partial charge in [0, 0.05) is 34.8 Å². The molecule has 0 amide bonds. The monoisotopic (exact) mass is 436 g/mol. The number of nitrogens with one attached hydrogen (secondary N) is 1. The van der Waals surface area contributed by atoms with E-state index in [9.17, 15) is 9.18 Å². The molecule has 0 saturated carbocycles. The second-order valence-electron chi connectivity index (χ2n) is 7.52. The number of ketones is 1. The van der Waals surface area contributed by atoms with E-state index in [4.69, 9.17) is 4.74 Å². The Morgan fingerprint density at radius 3 is 2.84 bits per heavy atom. The molecule has 0 radical (unpaired) electrons. The molecule has 158 valence electrons. The highest BCUT2D eigenvalue weighted by molar-refractivity contribution is 7.99. The Morgan fingerprint density at radius 1 is 1.19 bits per heavy atom. The first kappa shape index (κ1) is 20.0. The Labute approximate surface area is 182 Å². The van der Waals surface area contributed by atoms with Gasteiger partial charge in [-0.1, -0.05) is 30.0 Å². The number of benzene rings is 2. The van der Waals surface area contributed by atoms with E-state index in [0.29, 0.717) is 17.3 Å². The first-order chi connectivity index (χ1) is 15.2. The van der Waals surface area contributed by atoms with Gasteiger partial charge in [-0.25, -0.2) is 4.39 Å². The fourth-order valence-corrected chi connectivity index (χ4v) is 4.70. The van der Waals surface area contributed by atoms with Crippen LogP contribution in [0.3, 0.4) is 0 Å². The molecule has 1 fully saturated rings. The summed E-state index contributed by atoms with van der Waals surface area (Å²) in [5.74, 6) is 0.516. The Kier molecular flexibility index (Phi) is 5.57. The zero-order valence-electron chi connectivity index (χ0n) is 16.8. The molecule has 1 unspecified atom stereocenters. The van der Waals surface area contributed by atoms with Crippen molar-refractivity contribution in [2.75, 3.05) is 12.4 Å². The van der Waals surface area contributed by atoms with Crippen LogP contribution >= 0.6 is 11.8 Å². The van der Waals surface area contributed by atoms with Gasteiger partial charge in [-0.2, -0.15) is 0 Å². The van der Waals surface area contributed by atoms with Crippen LogP contribution in [0.25, 0.3) is 22.3 Å². The molecule has 0 aliphatic carbocycles. The summed E-state index contributed by atoms with van der Waals surface area (Å²) in [6.07, 6.45) is 4.08. The van der Waals surface area contributed by atoms with Gasteiger partial charge in [0.15, 0.2) is 16.8 Å². The summed E-state index contributed by atoms with van der Waals surface area (Å²) in [6.45, 7) is 1.40. The number of ether oxygens (including phenoxy) is 1. The van der Waals surface area contributed by atoms with Crippen LogP contribution in [0, 0.1) is 5.82 Å². The number of carbonyl (C=O) groups excluding carboxylic acids is 1.